The highest BCUT2D eigenvalue weighted by atomic mass is 16.3. The minimum Gasteiger partial charge on any atom is -0.390 e. The summed E-state index contributed by atoms with van der Waals surface area (Å²) >= 11 is 0. The zero-order chi connectivity index (χ0) is 11.7. The number of hydrogen-bond donors (Lipinski definition) is 1. The SMILES string of the molecule is OCc1ccc(-n2nnc3ccccc32)nn1. The number of rotatable bonds is 2. The largest absolute Gasteiger partial charge is 0.390 e. The predicted octanol–water partition coefficient (Wildman–Crippen LogP) is 0.703. The van der Waals surface area contributed by atoms with Crippen LogP contribution in [0.25, 0.3) is 16.9 Å². The highest BCUT2D eigenvalue weighted by Crippen LogP contribution is 2.13. The molecule has 2 aromatic heterocycles. The Kier molecular flexibility index (Phi) is 2.27. The van der Waals surface area contributed by atoms with Gasteiger partial charge in [0.05, 0.1) is 17.8 Å². The molecule has 0 amide bonds. The molecule has 17 heavy (non-hydrogen) atoms. The second-order valence-corrected chi connectivity index (χ2v) is 3.53. The molecule has 6 nitrogen and oxygen atoms in total. The lowest BCUT2D eigenvalue weighted by atomic mass is 10.3. The summed E-state index contributed by atoms with van der Waals surface area (Å²) < 4.78 is 1.61. The minimum atomic E-state index is -0.120. The molecule has 84 valence electrons. The average Bonchev–Trinajstić information content (AvgIpc) is 2.83. The van der Waals surface area contributed by atoms with E-state index in [4.69, 9.17) is 5.11 Å². The zero-order valence-electron chi connectivity index (χ0n) is 8.85. The lowest BCUT2D eigenvalue weighted by Crippen LogP contribution is -2.02. The van der Waals surface area contributed by atoms with E-state index in [1.54, 1.807) is 16.8 Å². The van der Waals surface area contributed by atoms with E-state index in [9.17, 15) is 0 Å². The van der Waals surface area contributed by atoms with E-state index >= 15 is 0 Å². The topological polar surface area (TPSA) is 76.7 Å². The van der Waals surface area contributed by atoms with E-state index in [1.807, 2.05) is 24.3 Å². The van der Waals surface area contributed by atoms with Crippen molar-refractivity contribution in [1.29, 1.82) is 0 Å². The van der Waals surface area contributed by atoms with Gasteiger partial charge in [0.2, 0.25) is 0 Å². The second kappa shape index (κ2) is 3.91. The standard InChI is InChI=1S/C11H9N5O/c17-7-8-5-6-11(14-12-8)16-10-4-2-1-3-9(10)13-15-16/h1-6,17H,7H2. The Balaban J connectivity index is 2.13. The van der Waals surface area contributed by atoms with E-state index in [1.165, 1.54) is 0 Å². The molecule has 6 heteroatoms. The summed E-state index contributed by atoms with van der Waals surface area (Å²) in [6, 6.07) is 11.1. The van der Waals surface area contributed by atoms with E-state index < -0.39 is 0 Å². The van der Waals surface area contributed by atoms with Gasteiger partial charge in [-0.2, -0.15) is 9.78 Å². The Morgan fingerprint density at radius 2 is 1.88 bits per heavy atom. The van der Waals surface area contributed by atoms with Crippen LogP contribution < -0.4 is 0 Å². The van der Waals surface area contributed by atoms with Gasteiger partial charge in [-0.1, -0.05) is 17.3 Å². The minimum absolute atomic E-state index is 0.120. The van der Waals surface area contributed by atoms with Gasteiger partial charge in [0.1, 0.15) is 5.52 Å². The van der Waals surface area contributed by atoms with Gasteiger partial charge < -0.3 is 5.11 Å². The number of aromatic nitrogens is 5. The molecule has 0 aliphatic carbocycles. The maximum atomic E-state index is 8.89. The lowest BCUT2D eigenvalue weighted by Gasteiger charge is -2.00. The summed E-state index contributed by atoms with van der Waals surface area (Å²) in [5.74, 6) is 0.580. The molecule has 1 aromatic carbocycles. The first-order valence-corrected chi connectivity index (χ1v) is 5.13. The van der Waals surface area contributed by atoms with Crippen molar-refractivity contribution < 1.29 is 5.11 Å². The highest BCUT2D eigenvalue weighted by molar-refractivity contribution is 5.75. The summed E-state index contributed by atoms with van der Waals surface area (Å²) in [7, 11) is 0. The Morgan fingerprint density at radius 3 is 2.65 bits per heavy atom. The van der Waals surface area contributed by atoms with Crippen LogP contribution in [0, 0.1) is 0 Å². The molecule has 0 spiro atoms. The quantitative estimate of drug-likeness (QED) is 0.697. The number of para-hydroxylation sites is 1. The molecule has 0 aliphatic heterocycles. The van der Waals surface area contributed by atoms with Crippen LogP contribution in [0.15, 0.2) is 36.4 Å². The van der Waals surface area contributed by atoms with Crippen LogP contribution in [0.3, 0.4) is 0 Å². The fraction of sp³-hybridized carbons (Fsp3) is 0.0909. The molecule has 0 unspecified atom stereocenters. The van der Waals surface area contributed by atoms with Crippen molar-refractivity contribution in [2.24, 2.45) is 0 Å². The van der Waals surface area contributed by atoms with Crippen LogP contribution in [0.5, 0.6) is 0 Å². The number of nitrogens with zero attached hydrogens (tertiary/aromatic N) is 5. The number of aliphatic hydroxyl groups excluding tert-OH is 1. The molecule has 1 N–H and O–H groups in total. The van der Waals surface area contributed by atoms with Crippen LogP contribution >= 0.6 is 0 Å². The van der Waals surface area contributed by atoms with Crippen molar-refractivity contribution in [2.75, 3.05) is 0 Å². The summed E-state index contributed by atoms with van der Waals surface area (Å²) in [6.45, 7) is -0.120. The fourth-order valence-electron chi connectivity index (χ4n) is 1.59. The van der Waals surface area contributed by atoms with Gasteiger partial charge in [-0.25, -0.2) is 0 Å². The van der Waals surface area contributed by atoms with E-state index in [2.05, 4.69) is 20.5 Å². The number of aliphatic hydroxyl groups is 1. The summed E-state index contributed by atoms with van der Waals surface area (Å²) in [6.07, 6.45) is 0. The highest BCUT2D eigenvalue weighted by Gasteiger charge is 2.06. The first-order chi connectivity index (χ1) is 8.38. The number of hydrogen-bond acceptors (Lipinski definition) is 5. The lowest BCUT2D eigenvalue weighted by molar-refractivity contribution is 0.275. The molecule has 3 rings (SSSR count). The third-order valence-corrected chi connectivity index (χ3v) is 2.44. The van der Waals surface area contributed by atoms with E-state index in [0.717, 1.165) is 11.0 Å². The third-order valence-electron chi connectivity index (χ3n) is 2.44. The molecule has 0 bridgehead atoms. The molecule has 0 atom stereocenters. The first-order valence-electron chi connectivity index (χ1n) is 5.13. The Bertz CT molecular complexity index is 646. The molecule has 2 heterocycles. The van der Waals surface area contributed by atoms with Gasteiger partial charge in [0.25, 0.3) is 0 Å². The van der Waals surface area contributed by atoms with Crippen molar-refractivity contribution in [1.82, 2.24) is 25.2 Å². The van der Waals surface area contributed by atoms with Crippen molar-refractivity contribution >= 4 is 11.0 Å². The van der Waals surface area contributed by atoms with Gasteiger partial charge in [-0.3, -0.25) is 0 Å². The van der Waals surface area contributed by atoms with Gasteiger partial charge in [0.15, 0.2) is 5.82 Å². The van der Waals surface area contributed by atoms with Crippen molar-refractivity contribution in [3.63, 3.8) is 0 Å². The maximum Gasteiger partial charge on any atom is 0.178 e. The van der Waals surface area contributed by atoms with Gasteiger partial charge >= 0.3 is 0 Å². The molecule has 3 aromatic rings. The predicted molar refractivity (Wildman–Crippen MR) is 60.4 cm³/mol. The van der Waals surface area contributed by atoms with E-state index in [0.29, 0.717) is 11.5 Å². The molecule has 0 fully saturated rings. The van der Waals surface area contributed by atoms with Crippen molar-refractivity contribution in [2.45, 2.75) is 6.61 Å². The molecule has 0 radical (unpaired) electrons. The van der Waals surface area contributed by atoms with Crippen LogP contribution in [-0.2, 0) is 6.61 Å². The molecular weight excluding hydrogens is 218 g/mol. The van der Waals surface area contributed by atoms with Crippen LogP contribution in [-0.4, -0.2) is 30.3 Å². The summed E-state index contributed by atoms with van der Waals surface area (Å²) in [5, 5.41) is 24.8. The Hall–Kier alpha value is -2.34. The van der Waals surface area contributed by atoms with Gasteiger partial charge in [-0.05, 0) is 24.3 Å². The van der Waals surface area contributed by atoms with E-state index in [-0.39, 0.29) is 6.61 Å². The summed E-state index contributed by atoms with van der Waals surface area (Å²) in [5.41, 5.74) is 2.21. The normalized spacial score (nSPS) is 10.9. The average molecular weight is 227 g/mol. The van der Waals surface area contributed by atoms with Crippen molar-refractivity contribution in [3.05, 3.63) is 42.1 Å². The van der Waals surface area contributed by atoms with Crippen LogP contribution in [0.2, 0.25) is 0 Å². The third kappa shape index (κ3) is 1.64. The van der Waals surface area contributed by atoms with Crippen molar-refractivity contribution in [3.8, 4) is 5.82 Å². The number of fused-ring (bicyclic) bond motifs is 1. The Morgan fingerprint density at radius 1 is 1.00 bits per heavy atom. The molecular formula is C11H9N5O. The van der Waals surface area contributed by atoms with Crippen LogP contribution in [0.4, 0.5) is 0 Å². The summed E-state index contributed by atoms with van der Waals surface area (Å²) in [4.78, 5) is 0. The monoisotopic (exact) mass is 227 g/mol. The second-order valence-electron chi connectivity index (χ2n) is 3.53. The van der Waals surface area contributed by atoms with Gasteiger partial charge in [-0.15, -0.1) is 10.2 Å². The fourth-order valence-corrected chi connectivity index (χ4v) is 1.59. The molecule has 0 aliphatic rings. The molecule has 0 saturated heterocycles. The van der Waals surface area contributed by atoms with Crippen LogP contribution in [0.1, 0.15) is 5.69 Å². The smallest absolute Gasteiger partial charge is 0.178 e. The molecule has 0 saturated carbocycles. The first kappa shape index (κ1) is 9.86. The van der Waals surface area contributed by atoms with Gasteiger partial charge in [0, 0.05) is 0 Å². The number of benzene rings is 1. The zero-order valence-corrected chi connectivity index (χ0v) is 8.85. The Labute approximate surface area is 96.5 Å². The maximum absolute atomic E-state index is 8.89.